The van der Waals surface area contributed by atoms with E-state index in [0.29, 0.717) is 5.70 Å². The fourth-order valence-corrected chi connectivity index (χ4v) is 0.632. The smallest absolute Gasteiger partial charge is 0.0736 e. The summed E-state index contributed by atoms with van der Waals surface area (Å²) >= 11 is 0. The van der Waals surface area contributed by atoms with Crippen LogP contribution < -0.4 is 0 Å². The second-order valence-corrected chi connectivity index (χ2v) is 2.51. The van der Waals surface area contributed by atoms with Crippen LogP contribution in [-0.2, 0) is 0 Å². The highest BCUT2D eigenvalue weighted by Gasteiger charge is 1.82. The van der Waals surface area contributed by atoms with E-state index in [4.69, 9.17) is 0 Å². The van der Waals surface area contributed by atoms with Crippen molar-refractivity contribution in [2.24, 2.45) is 9.98 Å². The van der Waals surface area contributed by atoms with E-state index < -0.39 is 0 Å². The lowest BCUT2D eigenvalue weighted by atomic mass is 10.4. The molecular weight excluding hydrogens is 160 g/mol. The molecule has 0 saturated heterocycles. The number of aliphatic imine (C=N–C) groups is 2. The zero-order chi connectivity index (χ0) is 10.1. The quantitative estimate of drug-likeness (QED) is 0.454. The first-order chi connectivity index (χ1) is 6.20. The lowest BCUT2D eigenvalue weighted by Gasteiger charge is -1.90. The third kappa shape index (κ3) is 6.94. The standard InChI is InChI=1S/C11H16N2/c1-5-7-10(3)13-9-11(4)12-8-6-2/h5,7-9H,1,4,6H2,2-3H3/b10-7-,12-8-,13-9+. The van der Waals surface area contributed by atoms with Crippen molar-refractivity contribution in [1.29, 1.82) is 0 Å². The van der Waals surface area contributed by atoms with Crippen LogP contribution >= 0.6 is 0 Å². The summed E-state index contributed by atoms with van der Waals surface area (Å²) in [5.41, 5.74) is 1.56. The van der Waals surface area contributed by atoms with Crippen molar-refractivity contribution < 1.29 is 0 Å². The van der Waals surface area contributed by atoms with Gasteiger partial charge in [0, 0.05) is 11.9 Å². The highest BCUT2D eigenvalue weighted by molar-refractivity contribution is 5.80. The highest BCUT2D eigenvalue weighted by atomic mass is 14.8. The summed E-state index contributed by atoms with van der Waals surface area (Å²) < 4.78 is 0. The Morgan fingerprint density at radius 3 is 2.62 bits per heavy atom. The van der Waals surface area contributed by atoms with E-state index in [-0.39, 0.29) is 0 Å². The molecule has 70 valence electrons. The van der Waals surface area contributed by atoms with Gasteiger partial charge < -0.3 is 0 Å². The fraction of sp³-hybridized carbons (Fsp3) is 0.273. The van der Waals surface area contributed by atoms with Crippen molar-refractivity contribution in [1.82, 2.24) is 0 Å². The van der Waals surface area contributed by atoms with Crippen LogP contribution in [0.3, 0.4) is 0 Å². The number of rotatable bonds is 5. The van der Waals surface area contributed by atoms with Gasteiger partial charge in [-0.3, -0.25) is 9.98 Å². The Hall–Kier alpha value is -1.44. The van der Waals surface area contributed by atoms with Crippen LogP contribution in [0.2, 0.25) is 0 Å². The zero-order valence-corrected chi connectivity index (χ0v) is 8.33. The molecule has 0 saturated carbocycles. The van der Waals surface area contributed by atoms with Crippen molar-refractivity contribution in [3.63, 3.8) is 0 Å². The van der Waals surface area contributed by atoms with Gasteiger partial charge >= 0.3 is 0 Å². The molecule has 2 nitrogen and oxygen atoms in total. The second-order valence-electron chi connectivity index (χ2n) is 2.51. The molecule has 0 aliphatic rings. The molecule has 0 heterocycles. The fourth-order valence-electron chi connectivity index (χ4n) is 0.632. The minimum absolute atomic E-state index is 0.665. The topological polar surface area (TPSA) is 24.7 Å². The minimum Gasteiger partial charge on any atom is -0.260 e. The first-order valence-electron chi connectivity index (χ1n) is 4.25. The summed E-state index contributed by atoms with van der Waals surface area (Å²) in [6.45, 7) is 11.2. The monoisotopic (exact) mass is 176 g/mol. The lowest BCUT2D eigenvalue weighted by molar-refractivity contribution is 1.29. The average Bonchev–Trinajstić information content (AvgIpc) is 2.12. The molecule has 0 bridgehead atoms. The summed E-state index contributed by atoms with van der Waals surface area (Å²) in [4.78, 5) is 8.17. The Morgan fingerprint density at radius 1 is 1.38 bits per heavy atom. The van der Waals surface area contributed by atoms with E-state index in [0.717, 1.165) is 12.1 Å². The summed E-state index contributed by atoms with van der Waals surface area (Å²) in [7, 11) is 0. The first-order valence-corrected chi connectivity index (χ1v) is 4.25. The van der Waals surface area contributed by atoms with Gasteiger partial charge in [-0.05, 0) is 19.4 Å². The van der Waals surface area contributed by atoms with Gasteiger partial charge in [0.1, 0.15) is 0 Å². The van der Waals surface area contributed by atoms with Gasteiger partial charge in [-0.2, -0.15) is 0 Å². The zero-order valence-electron chi connectivity index (χ0n) is 8.33. The summed E-state index contributed by atoms with van der Waals surface area (Å²) in [6.07, 6.45) is 7.88. The van der Waals surface area contributed by atoms with Gasteiger partial charge in [0.25, 0.3) is 0 Å². The Balaban J connectivity index is 4.12. The van der Waals surface area contributed by atoms with E-state index >= 15 is 0 Å². The molecule has 0 N–H and O–H groups in total. The van der Waals surface area contributed by atoms with Gasteiger partial charge in [0.2, 0.25) is 0 Å². The molecule has 0 atom stereocenters. The minimum atomic E-state index is 0.665. The van der Waals surface area contributed by atoms with Gasteiger partial charge in [0.05, 0.1) is 11.9 Å². The van der Waals surface area contributed by atoms with Crippen LogP contribution in [0.25, 0.3) is 0 Å². The van der Waals surface area contributed by atoms with Crippen molar-refractivity contribution in [3.8, 4) is 0 Å². The van der Waals surface area contributed by atoms with Gasteiger partial charge in [-0.15, -0.1) is 0 Å². The highest BCUT2D eigenvalue weighted by Crippen LogP contribution is 1.95. The van der Waals surface area contributed by atoms with Gasteiger partial charge in [0.15, 0.2) is 0 Å². The molecule has 0 rings (SSSR count). The molecule has 13 heavy (non-hydrogen) atoms. The largest absolute Gasteiger partial charge is 0.260 e. The maximum Gasteiger partial charge on any atom is 0.0736 e. The van der Waals surface area contributed by atoms with Crippen molar-refractivity contribution in [3.05, 3.63) is 36.7 Å². The van der Waals surface area contributed by atoms with Crippen LogP contribution in [0, 0.1) is 0 Å². The summed E-state index contributed by atoms with van der Waals surface area (Å²) in [5, 5.41) is 0. The lowest BCUT2D eigenvalue weighted by Crippen LogP contribution is -1.79. The summed E-state index contributed by atoms with van der Waals surface area (Å²) in [5.74, 6) is 0. The van der Waals surface area contributed by atoms with E-state index in [1.54, 1.807) is 18.5 Å². The van der Waals surface area contributed by atoms with Crippen LogP contribution in [0.4, 0.5) is 0 Å². The second kappa shape index (κ2) is 7.22. The molecule has 0 spiro atoms. The van der Waals surface area contributed by atoms with Crippen LogP contribution in [-0.4, -0.2) is 12.4 Å². The number of hydrogen-bond acceptors (Lipinski definition) is 2. The van der Waals surface area contributed by atoms with Crippen LogP contribution in [0.1, 0.15) is 20.3 Å². The van der Waals surface area contributed by atoms with Crippen LogP contribution in [0.5, 0.6) is 0 Å². The molecular formula is C11H16N2. The molecule has 0 aliphatic carbocycles. The predicted molar refractivity (Wildman–Crippen MR) is 60.4 cm³/mol. The SMILES string of the molecule is C=C/C=C(C)\N=C\C(=C)/N=C\CC. The summed E-state index contributed by atoms with van der Waals surface area (Å²) in [6, 6.07) is 0. The van der Waals surface area contributed by atoms with Crippen molar-refractivity contribution in [2.45, 2.75) is 20.3 Å². The normalized spacial score (nSPS) is 12.6. The molecule has 0 unspecified atom stereocenters. The average molecular weight is 176 g/mol. The molecule has 0 aromatic carbocycles. The molecule has 0 aromatic heterocycles. The van der Waals surface area contributed by atoms with Crippen molar-refractivity contribution in [2.75, 3.05) is 0 Å². The number of allylic oxidation sites excluding steroid dienone is 4. The Kier molecular flexibility index (Phi) is 6.42. The molecule has 0 aliphatic heterocycles. The third-order valence-electron chi connectivity index (χ3n) is 1.22. The first kappa shape index (κ1) is 11.6. The Labute approximate surface area is 80.1 Å². The van der Waals surface area contributed by atoms with E-state index in [1.165, 1.54) is 0 Å². The maximum absolute atomic E-state index is 4.12. The van der Waals surface area contributed by atoms with Crippen molar-refractivity contribution >= 4 is 12.4 Å². The maximum atomic E-state index is 4.12. The van der Waals surface area contributed by atoms with E-state index in [1.807, 2.05) is 19.9 Å². The van der Waals surface area contributed by atoms with Gasteiger partial charge in [-0.1, -0.05) is 26.2 Å². The molecule has 0 aromatic rings. The van der Waals surface area contributed by atoms with Crippen LogP contribution in [0.15, 0.2) is 46.7 Å². The molecule has 0 fully saturated rings. The van der Waals surface area contributed by atoms with E-state index in [2.05, 4.69) is 23.1 Å². The molecule has 2 heteroatoms. The Bertz CT molecular complexity index is 257. The number of nitrogens with zero attached hydrogens (tertiary/aromatic N) is 2. The van der Waals surface area contributed by atoms with Gasteiger partial charge in [-0.25, -0.2) is 0 Å². The molecule has 0 radical (unpaired) electrons. The third-order valence-corrected chi connectivity index (χ3v) is 1.22. The predicted octanol–water partition coefficient (Wildman–Crippen LogP) is 3.14. The van der Waals surface area contributed by atoms with E-state index in [9.17, 15) is 0 Å². The number of hydrogen-bond donors (Lipinski definition) is 0. The molecule has 0 amide bonds. The Morgan fingerprint density at radius 2 is 2.08 bits per heavy atom.